The summed E-state index contributed by atoms with van der Waals surface area (Å²) in [7, 11) is -0.532. The molecule has 0 aliphatic rings. The van der Waals surface area contributed by atoms with E-state index in [-0.39, 0.29) is 16.2 Å². The first-order valence-electron chi connectivity index (χ1n) is 9.74. The smallest absolute Gasteiger partial charge is 0.264 e. The van der Waals surface area contributed by atoms with Crippen molar-refractivity contribution in [3.05, 3.63) is 90.3 Å². The van der Waals surface area contributed by atoms with Gasteiger partial charge in [0, 0.05) is 19.7 Å². The maximum atomic E-state index is 13.0. The van der Waals surface area contributed by atoms with Gasteiger partial charge in [-0.05, 0) is 48.5 Å². The number of aliphatic hydroxyl groups is 1. The molecule has 1 N–H and O–H groups in total. The van der Waals surface area contributed by atoms with E-state index >= 15 is 0 Å². The number of aryl methyl sites for hydroxylation is 1. The van der Waals surface area contributed by atoms with Gasteiger partial charge in [-0.3, -0.25) is 4.31 Å². The van der Waals surface area contributed by atoms with Crippen molar-refractivity contribution in [2.24, 2.45) is 7.05 Å². The third kappa shape index (κ3) is 3.59. The van der Waals surface area contributed by atoms with Crippen LogP contribution in [0.4, 0.5) is 5.69 Å². The normalized spacial score (nSPS) is 12.3. The number of benzene rings is 3. The molecule has 0 saturated carbocycles. The number of sulfonamides is 1. The van der Waals surface area contributed by atoms with Crippen LogP contribution in [0.1, 0.15) is 11.4 Å². The first kappa shape index (κ1) is 21.2. The number of nitriles is 1. The molecular weight excluding hydrogens is 424 g/mol. The minimum absolute atomic E-state index is 0.000658. The van der Waals surface area contributed by atoms with E-state index in [9.17, 15) is 18.8 Å². The van der Waals surface area contributed by atoms with Gasteiger partial charge in [-0.25, -0.2) is 13.4 Å². The second-order valence-electron chi connectivity index (χ2n) is 7.15. The number of nitrogens with zero attached hydrogens (tertiary/aromatic N) is 4. The second kappa shape index (κ2) is 8.21. The molecule has 4 aromatic rings. The Bertz CT molecular complexity index is 1470. The van der Waals surface area contributed by atoms with Gasteiger partial charge in [-0.1, -0.05) is 30.3 Å². The molecule has 0 atom stereocenters. The third-order valence-corrected chi connectivity index (χ3v) is 7.07. The van der Waals surface area contributed by atoms with Crippen LogP contribution in [0.5, 0.6) is 0 Å². The lowest BCUT2D eigenvalue weighted by Gasteiger charge is -2.19. The summed E-state index contributed by atoms with van der Waals surface area (Å²) in [6.07, 6.45) is 0. The molecule has 0 aliphatic carbocycles. The van der Waals surface area contributed by atoms with Gasteiger partial charge >= 0.3 is 0 Å². The molecule has 160 valence electrons. The number of hydrogen-bond donors (Lipinski definition) is 1. The number of para-hydroxylation sites is 3. The largest absolute Gasteiger partial charge is 0.506 e. The van der Waals surface area contributed by atoms with Gasteiger partial charge in [0.15, 0.2) is 5.82 Å². The van der Waals surface area contributed by atoms with Crippen molar-refractivity contribution in [2.75, 3.05) is 11.4 Å². The zero-order valence-corrected chi connectivity index (χ0v) is 18.3. The van der Waals surface area contributed by atoms with Crippen molar-refractivity contribution in [1.29, 1.82) is 5.26 Å². The van der Waals surface area contributed by atoms with Crippen molar-refractivity contribution in [1.82, 2.24) is 9.55 Å². The van der Waals surface area contributed by atoms with Crippen LogP contribution in [0.2, 0.25) is 0 Å². The van der Waals surface area contributed by atoms with Gasteiger partial charge in [0.1, 0.15) is 17.4 Å². The summed E-state index contributed by atoms with van der Waals surface area (Å²) in [5.74, 6) is 0.0537. The monoisotopic (exact) mass is 444 g/mol. The fraction of sp³-hybridized carbons (Fsp3) is 0.0833. The Morgan fingerprint density at radius 2 is 1.62 bits per heavy atom. The van der Waals surface area contributed by atoms with E-state index in [0.717, 1.165) is 5.52 Å². The maximum absolute atomic E-state index is 13.0. The molecule has 0 bridgehead atoms. The molecule has 4 rings (SSSR count). The molecule has 1 aromatic heterocycles. The molecule has 0 spiro atoms. The predicted octanol–water partition coefficient (Wildman–Crippen LogP) is 4.35. The average molecular weight is 445 g/mol. The molecule has 0 fully saturated rings. The molecule has 1 heterocycles. The first-order chi connectivity index (χ1) is 15.3. The minimum Gasteiger partial charge on any atom is -0.506 e. The van der Waals surface area contributed by atoms with Gasteiger partial charge in [-0.2, -0.15) is 5.26 Å². The number of imidazole rings is 1. The fourth-order valence-corrected chi connectivity index (χ4v) is 4.64. The summed E-state index contributed by atoms with van der Waals surface area (Å²) in [4.78, 5) is 4.53. The van der Waals surface area contributed by atoms with E-state index in [4.69, 9.17) is 0 Å². The zero-order valence-electron chi connectivity index (χ0n) is 17.5. The highest BCUT2D eigenvalue weighted by molar-refractivity contribution is 7.92. The van der Waals surface area contributed by atoms with E-state index < -0.39 is 10.0 Å². The van der Waals surface area contributed by atoms with Crippen molar-refractivity contribution in [3.8, 4) is 6.07 Å². The fourth-order valence-electron chi connectivity index (χ4n) is 3.44. The van der Waals surface area contributed by atoms with Gasteiger partial charge in [0.25, 0.3) is 10.0 Å². The van der Waals surface area contributed by atoms with Crippen molar-refractivity contribution in [3.63, 3.8) is 0 Å². The number of fused-ring (bicyclic) bond motifs is 1. The maximum Gasteiger partial charge on any atom is 0.264 e. The molecule has 0 unspecified atom stereocenters. The molecule has 3 aromatic carbocycles. The third-order valence-electron chi connectivity index (χ3n) is 5.27. The van der Waals surface area contributed by atoms with Crippen LogP contribution in [0, 0.1) is 11.3 Å². The van der Waals surface area contributed by atoms with Gasteiger partial charge in [0.2, 0.25) is 0 Å². The summed E-state index contributed by atoms with van der Waals surface area (Å²) in [6.45, 7) is 0. The van der Waals surface area contributed by atoms with Crippen LogP contribution in [0.3, 0.4) is 0 Å². The number of aromatic nitrogens is 2. The van der Waals surface area contributed by atoms with E-state index in [2.05, 4.69) is 4.98 Å². The van der Waals surface area contributed by atoms with E-state index in [0.29, 0.717) is 22.6 Å². The van der Waals surface area contributed by atoms with E-state index in [1.165, 1.54) is 35.6 Å². The average Bonchev–Trinajstić information content (AvgIpc) is 3.16. The summed E-state index contributed by atoms with van der Waals surface area (Å²) in [5, 5.41) is 20.5. The summed E-state index contributed by atoms with van der Waals surface area (Å²) in [5.41, 5.74) is 2.38. The van der Waals surface area contributed by atoms with E-state index in [1.807, 2.05) is 36.4 Å². The molecule has 0 amide bonds. The lowest BCUT2D eigenvalue weighted by atomic mass is 10.1. The van der Waals surface area contributed by atoms with Gasteiger partial charge in [0.05, 0.1) is 21.6 Å². The summed E-state index contributed by atoms with van der Waals surface area (Å²) < 4.78 is 28.8. The Labute approximate surface area is 186 Å². The van der Waals surface area contributed by atoms with E-state index in [1.54, 1.807) is 35.9 Å². The molecule has 7 nitrogen and oxygen atoms in total. The topological polar surface area (TPSA) is 99.2 Å². The van der Waals surface area contributed by atoms with Crippen LogP contribution >= 0.6 is 0 Å². The molecule has 32 heavy (non-hydrogen) atoms. The standard InChI is InChI=1S/C24H20N4O3S/c1-27-22-11-7-6-10-21(22)26-24(27)20(16-25)23(29)17-12-14-19(15-13-17)32(30,31)28(2)18-8-4-3-5-9-18/h3-15,29H,1-2H3. The van der Waals surface area contributed by atoms with Crippen LogP contribution in [-0.2, 0) is 17.1 Å². The molecule has 8 heteroatoms. The lowest BCUT2D eigenvalue weighted by Crippen LogP contribution is -2.26. The van der Waals surface area contributed by atoms with Crippen molar-refractivity contribution in [2.45, 2.75) is 4.90 Å². The quantitative estimate of drug-likeness (QED) is 0.364. The SMILES string of the molecule is CN(c1ccccc1)S(=O)(=O)c1ccc(C(O)=C(C#N)c2nc3ccccc3n2C)cc1. The highest BCUT2D eigenvalue weighted by Crippen LogP contribution is 2.28. The molecule has 0 radical (unpaired) electrons. The predicted molar refractivity (Wildman–Crippen MR) is 124 cm³/mol. The highest BCUT2D eigenvalue weighted by atomic mass is 32.2. The Hall–Kier alpha value is -4.09. The summed E-state index contributed by atoms with van der Waals surface area (Å²) >= 11 is 0. The van der Waals surface area contributed by atoms with Crippen LogP contribution in [-0.4, -0.2) is 30.1 Å². The number of hydrogen-bond acceptors (Lipinski definition) is 5. The Morgan fingerprint density at radius 3 is 2.25 bits per heavy atom. The minimum atomic E-state index is -3.78. The van der Waals surface area contributed by atoms with Crippen molar-refractivity contribution >= 4 is 38.1 Å². The highest BCUT2D eigenvalue weighted by Gasteiger charge is 2.22. The second-order valence-corrected chi connectivity index (χ2v) is 9.12. The lowest BCUT2D eigenvalue weighted by molar-refractivity contribution is 0.513. The zero-order chi connectivity index (χ0) is 22.9. The number of anilines is 1. The number of allylic oxidation sites excluding steroid dienone is 1. The Balaban J connectivity index is 1.72. The van der Waals surface area contributed by atoms with Gasteiger partial charge < -0.3 is 9.67 Å². The Morgan fingerprint density at radius 1 is 1.00 bits per heavy atom. The van der Waals surface area contributed by atoms with Crippen LogP contribution in [0.15, 0.2) is 83.8 Å². The molecule has 0 aliphatic heterocycles. The Kier molecular flexibility index (Phi) is 5.43. The van der Waals surface area contributed by atoms with Crippen molar-refractivity contribution < 1.29 is 13.5 Å². The molecular formula is C24H20N4O3S. The number of aliphatic hydroxyl groups excluding tert-OH is 1. The first-order valence-corrected chi connectivity index (χ1v) is 11.2. The van der Waals surface area contributed by atoms with Crippen LogP contribution < -0.4 is 4.31 Å². The van der Waals surface area contributed by atoms with Gasteiger partial charge in [-0.15, -0.1) is 0 Å². The van der Waals surface area contributed by atoms with Crippen LogP contribution in [0.25, 0.3) is 22.4 Å². The summed E-state index contributed by atoms with van der Waals surface area (Å²) in [6, 6.07) is 23.9. The number of rotatable bonds is 5. The molecule has 0 saturated heterocycles.